The van der Waals surface area contributed by atoms with Crippen molar-refractivity contribution in [1.82, 2.24) is 10.3 Å². The lowest BCUT2D eigenvalue weighted by Gasteiger charge is -2.12. The van der Waals surface area contributed by atoms with Crippen LogP contribution >= 0.6 is 11.3 Å². The fraction of sp³-hybridized carbons (Fsp3) is 0.333. The van der Waals surface area contributed by atoms with Crippen molar-refractivity contribution >= 4 is 29.2 Å². The zero-order chi connectivity index (χ0) is 12.8. The van der Waals surface area contributed by atoms with Gasteiger partial charge in [0.1, 0.15) is 11.7 Å². The molecule has 1 rings (SSSR count). The van der Waals surface area contributed by atoms with Crippen LogP contribution in [0, 0.1) is 0 Å². The summed E-state index contributed by atoms with van der Waals surface area (Å²) in [6, 6.07) is -1.32. The maximum absolute atomic E-state index is 11.5. The Bertz CT molecular complexity index is 417. The second-order valence-corrected chi connectivity index (χ2v) is 3.74. The molecule has 7 nitrogen and oxygen atoms in total. The molecule has 0 aliphatic rings. The van der Waals surface area contributed by atoms with Crippen molar-refractivity contribution in [2.24, 2.45) is 0 Å². The summed E-state index contributed by atoms with van der Waals surface area (Å²) in [6.07, 6.45) is -0.429. The maximum Gasteiger partial charge on any atom is 0.326 e. The van der Waals surface area contributed by atoms with Gasteiger partial charge in [-0.3, -0.25) is 9.59 Å². The maximum atomic E-state index is 11.5. The molecule has 0 spiro atoms. The zero-order valence-corrected chi connectivity index (χ0v) is 9.69. The van der Waals surface area contributed by atoms with Gasteiger partial charge in [-0.1, -0.05) is 0 Å². The van der Waals surface area contributed by atoms with Crippen LogP contribution in [-0.2, 0) is 14.3 Å². The van der Waals surface area contributed by atoms with E-state index in [1.54, 1.807) is 0 Å². The van der Waals surface area contributed by atoms with Crippen molar-refractivity contribution in [3.8, 4) is 0 Å². The van der Waals surface area contributed by atoms with E-state index >= 15 is 0 Å². The molecule has 0 fully saturated rings. The Morgan fingerprint density at radius 3 is 2.76 bits per heavy atom. The number of carboxylic acid groups (broad SMARTS) is 1. The number of hydrogen-bond donors (Lipinski definition) is 2. The highest BCUT2D eigenvalue weighted by molar-refractivity contribution is 7.07. The number of nitrogens with zero attached hydrogens (tertiary/aromatic N) is 1. The minimum Gasteiger partial charge on any atom is -0.480 e. The molecule has 0 saturated heterocycles. The molecule has 0 radical (unpaired) electrons. The highest BCUT2D eigenvalue weighted by Gasteiger charge is 2.24. The van der Waals surface area contributed by atoms with Crippen LogP contribution in [-0.4, -0.2) is 41.1 Å². The van der Waals surface area contributed by atoms with E-state index < -0.39 is 30.3 Å². The van der Waals surface area contributed by atoms with Crippen LogP contribution in [0.15, 0.2) is 10.9 Å². The summed E-state index contributed by atoms with van der Waals surface area (Å²) < 4.78 is 4.34. The highest BCUT2D eigenvalue weighted by atomic mass is 32.1. The lowest BCUT2D eigenvalue weighted by atomic mass is 10.2. The number of aliphatic carboxylic acids is 1. The summed E-state index contributed by atoms with van der Waals surface area (Å²) in [7, 11) is 1.14. The van der Waals surface area contributed by atoms with Crippen LogP contribution in [0.3, 0.4) is 0 Å². The number of esters is 1. The molecular weight excluding hydrogens is 248 g/mol. The molecule has 0 bridgehead atoms. The molecule has 0 saturated carbocycles. The van der Waals surface area contributed by atoms with E-state index in [2.05, 4.69) is 15.0 Å². The number of aromatic nitrogens is 1. The Balaban J connectivity index is 2.64. The topological polar surface area (TPSA) is 106 Å². The predicted octanol–water partition coefficient (Wildman–Crippen LogP) is -0.111. The van der Waals surface area contributed by atoms with Crippen LogP contribution in [0.1, 0.15) is 16.9 Å². The number of thiazole rings is 1. The Hall–Kier alpha value is -1.96. The minimum atomic E-state index is -1.32. The largest absolute Gasteiger partial charge is 0.480 e. The molecule has 0 unspecified atom stereocenters. The Kier molecular flexibility index (Phi) is 4.58. The monoisotopic (exact) mass is 258 g/mol. The van der Waals surface area contributed by atoms with Gasteiger partial charge in [0.25, 0.3) is 5.91 Å². The van der Waals surface area contributed by atoms with Crippen molar-refractivity contribution < 1.29 is 24.2 Å². The van der Waals surface area contributed by atoms with Crippen molar-refractivity contribution in [3.63, 3.8) is 0 Å². The van der Waals surface area contributed by atoms with Gasteiger partial charge < -0.3 is 15.2 Å². The zero-order valence-electron chi connectivity index (χ0n) is 8.87. The molecule has 0 aromatic carbocycles. The van der Waals surface area contributed by atoms with Crippen LogP contribution in [0.2, 0.25) is 0 Å². The summed E-state index contributed by atoms with van der Waals surface area (Å²) in [4.78, 5) is 37.0. The summed E-state index contributed by atoms with van der Waals surface area (Å²) in [6.45, 7) is 0. The number of hydrogen-bond acceptors (Lipinski definition) is 6. The average Bonchev–Trinajstić information content (AvgIpc) is 2.81. The van der Waals surface area contributed by atoms with Crippen LogP contribution in [0.4, 0.5) is 0 Å². The predicted molar refractivity (Wildman–Crippen MR) is 57.6 cm³/mol. The van der Waals surface area contributed by atoms with Crippen molar-refractivity contribution in [2.75, 3.05) is 7.11 Å². The Morgan fingerprint density at radius 2 is 2.29 bits per heavy atom. The van der Waals surface area contributed by atoms with E-state index in [1.165, 1.54) is 22.2 Å². The van der Waals surface area contributed by atoms with E-state index in [1.807, 2.05) is 0 Å². The second kappa shape index (κ2) is 5.94. The normalized spacial score (nSPS) is 11.6. The average molecular weight is 258 g/mol. The van der Waals surface area contributed by atoms with Gasteiger partial charge in [-0.25, -0.2) is 9.78 Å². The molecule has 1 heterocycles. The quantitative estimate of drug-likeness (QED) is 0.714. The first-order chi connectivity index (χ1) is 8.04. The number of carboxylic acids is 1. The molecule has 17 heavy (non-hydrogen) atoms. The van der Waals surface area contributed by atoms with Crippen molar-refractivity contribution in [2.45, 2.75) is 12.5 Å². The fourth-order valence-corrected chi connectivity index (χ4v) is 1.54. The summed E-state index contributed by atoms with van der Waals surface area (Å²) in [5.41, 5.74) is 1.57. The second-order valence-electron chi connectivity index (χ2n) is 3.02. The smallest absolute Gasteiger partial charge is 0.326 e. The third-order valence-corrected chi connectivity index (χ3v) is 2.45. The Labute approximate surface area is 100 Å². The SMILES string of the molecule is COC(=O)C[C@H](NC(=O)c1cscn1)C(=O)O. The van der Waals surface area contributed by atoms with Crippen molar-refractivity contribution in [3.05, 3.63) is 16.6 Å². The van der Waals surface area contributed by atoms with Crippen LogP contribution in [0.25, 0.3) is 0 Å². The number of ether oxygens (including phenoxy) is 1. The molecular formula is C9H10N2O5S. The van der Waals surface area contributed by atoms with Gasteiger partial charge in [0.2, 0.25) is 0 Å². The van der Waals surface area contributed by atoms with E-state index in [0.29, 0.717) is 0 Å². The van der Waals surface area contributed by atoms with E-state index in [9.17, 15) is 14.4 Å². The highest BCUT2D eigenvalue weighted by Crippen LogP contribution is 2.02. The first-order valence-electron chi connectivity index (χ1n) is 4.53. The first kappa shape index (κ1) is 13.1. The van der Waals surface area contributed by atoms with Gasteiger partial charge in [-0.05, 0) is 0 Å². The number of methoxy groups -OCH3 is 1. The van der Waals surface area contributed by atoms with E-state index in [0.717, 1.165) is 7.11 Å². The molecule has 1 aromatic rings. The van der Waals surface area contributed by atoms with Crippen LogP contribution < -0.4 is 5.32 Å². The van der Waals surface area contributed by atoms with Gasteiger partial charge in [0, 0.05) is 5.38 Å². The van der Waals surface area contributed by atoms with Crippen molar-refractivity contribution in [1.29, 1.82) is 0 Å². The molecule has 1 amide bonds. The standard InChI is InChI=1S/C9H10N2O5S/c1-16-7(12)2-5(9(14)15)11-8(13)6-3-17-4-10-6/h3-5H,2H2,1H3,(H,11,13)(H,14,15)/t5-/m0/s1. The molecule has 92 valence electrons. The number of rotatable bonds is 5. The van der Waals surface area contributed by atoms with E-state index in [-0.39, 0.29) is 5.69 Å². The third kappa shape index (κ3) is 3.83. The number of carbonyl (C=O) groups is 3. The summed E-state index contributed by atoms with van der Waals surface area (Å²) in [5.74, 6) is -2.66. The molecule has 8 heteroatoms. The molecule has 1 atom stereocenters. The summed E-state index contributed by atoms with van der Waals surface area (Å²) >= 11 is 1.21. The van der Waals surface area contributed by atoms with E-state index in [4.69, 9.17) is 5.11 Å². The van der Waals surface area contributed by atoms with Gasteiger partial charge in [0.15, 0.2) is 0 Å². The van der Waals surface area contributed by atoms with Gasteiger partial charge >= 0.3 is 11.9 Å². The molecule has 0 aliphatic carbocycles. The van der Waals surface area contributed by atoms with Crippen LogP contribution in [0.5, 0.6) is 0 Å². The fourth-order valence-electron chi connectivity index (χ4n) is 1.01. The third-order valence-electron chi connectivity index (χ3n) is 1.87. The van der Waals surface area contributed by atoms with Gasteiger partial charge in [0.05, 0.1) is 19.0 Å². The molecule has 0 aliphatic heterocycles. The number of nitrogens with one attached hydrogen (secondary N) is 1. The number of amides is 1. The first-order valence-corrected chi connectivity index (χ1v) is 5.47. The minimum absolute atomic E-state index is 0.117. The number of carbonyl (C=O) groups excluding carboxylic acids is 2. The molecule has 1 aromatic heterocycles. The van der Waals surface area contributed by atoms with Gasteiger partial charge in [-0.15, -0.1) is 11.3 Å². The lowest BCUT2D eigenvalue weighted by molar-refractivity contribution is -0.147. The lowest BCUT2D eigenvalue weighted by Crippen LogP contribution is -2.42. The van der Waals surface area contributed by atoms with Gasteiger partial charge in [-0.2, -0.15) is 0 Å². The molecule has 2 N–H and O–H groups in total. The Morgan fingerprint density at radius 1 is 1.59 bits per heavy atom. The summed E-state index contributed by atoms with van der Waals surface area (Å²) in [5, 5.41) is 12.5.